The number of nitrogens with zero attached hydrogens (tertiary/aromatic N) is 2. The Kier molecular flexibility index (Phi) is 5.37. The lowest BCUT2D eigenvalue weighted by atomic mass is 9.85. The van der Waals surface area contributed by atoms with Gasteiger partial charge in [0.2, 0.25) is 5.91 Å². The monoisotopic (exact) mass is 290 g/mol. The summed E-state index contributed by atoms with van der Waals surface area (Å²) in [6.45, 7) is 4.49. The molecule has 0 atom stereocenters. The van der Waals surface area contributed by atoms with Gasteiger partial charge in [0.25, 0.3) is 0 Å². The second-order valence-corrected chi connectivity index (χ2v) is 5.88. The molecule has 1 aromatic carbocycles. The SMILES string of the molecule is CCC(=O)N(c1ccccc1)C1(COC)CCN(C)CC1. The summed E-state index contributed by atoms with van der Waals surface area (Å²) in [5, 5.41) is 0. The molecule has 1 amide bonds. The van der Waals surface area contributed by atoms with Crippen LogP contribution in [0.4, 0.5) is 5.69 Å². The van der Waals surface area contributed by atoms with Gasteiger partial charge in [0.1, 0.15) is 0 Å². The molecular weight excluding hydrogens is 264 g/mol. The summed E-state index contributed by atoms with van der Waals surface area (Å²) in [6, 6.07) is 9.99. The highest BCUT2D eigenvalue weighted by molar-refractivity contribution is 5.94. The van der Waals surface area contributed by atoms with Crippen molar-refractivity contribution in [3.63, 3.8) is 0 Å². The van der Waals surface area contributed by atoms with E-state index in [0.29, 0.717) is 13.0 Å². The van der Waals surface area contributed by atoms with E-state index in [1.807, 2.05) is 42.2 Å². The number of carbonyl (C=O) groups is 1. The van der Waals surface area contributed by atoms with Crippen LogP contribution in [-0.2, 0) is 9.53 Å². The zero-order chi connectivity index (χ0) is 15.3. The summed E-state index contributed by atoms with van der Waals surface area (Å²) in [7, 11) is 3.85. The average Bonchev–Trinajstić information content (AvgIpc) is 2.51. The predicted octanol–water partition coefficient (Wildman–Crippen LogP) is 2.54. The highest BCUT2D eigenvalue weighted by Crippen LogP contribution is 2.34. The molecule has 1 aromatic rings. The molecule has 1 saturated heterocycles. The molecule has 2 rings (SSSR count). The molecule has 0 N–H and O–H groups in total. The van der Waals surface area contributed by atoms with E-state index in [-0.39, 0.29) is 11.4 Å². The van der Waals surface area contributed by atoms with Gasteiger partial charge in [-0.05, 0) is 32.0 Å². The Morgan fingerprint density at radius 3 is 2.43 bits per heavy atom. The van der Waals surface area contributed by atoms with E-state index >= 15 is 0 Å². The first-order chi connectivity index (χ1) is 10.1. The van der Waals surface area contributed by atoms with Crippen LogP contribution in [0.15, 0.2) is 30.3 Å². The normalized spacial score (nSPS) is 18.4. The lowest BCUT2D eigenvalue weighted by Gasteiger charge is -2.48. The number of carbonyl (C=O) groups excluding carboxylic acids is 1. The maximum atomic E-state index is 12.6. The summed E-state index contributed by atoms with van der Waals surface area (Å²) in [4.78, 5) is 16.9. The molecular formula is C17H26N2O2. The molecule has 0 aliphatic carbocycles. The van der Waals surface area contributed by atoms with E-state index in [0.717, 1.165) is 31.6 Å². The number of para-hydroxylation sites is 1. The van der Waals surface area contributed by atoms with Crippen molar-refractivity contribution in [1.29, 1.82) is 0 Å². The van der Waals surface area contributed by atoms with Crippen LogP contribution in [0.5, 0.6) is 0 Å². The van der Waals surface area contributed by atoms with Crippen molar-refractivity contribution in [3.8, 4) is 0 Å². The molecule has 1 aliphatic heterocycles. The molecule has 0 spiro atoms. The zero-order valence-electron chi connectivity index (χ0n) is 13.3. The molecule has 0 saturated carbocycles. The number of ether oxygens (including phenoxy) is 1. The second-order valence-electron chi connectivity index (χ2n) is 5.88. The maximum Gasteiger partial charge on any atom is 0.227 e. The van der Waals surface area contributed by atoms with Crippen LogP contribution in [0.2, 0.25) is 0 Å². The van der Waals surface area contributed by atoms with E-state index in [1.54, 1.807) is 7.11 Å². The van der Waals surface area contributed by atoms with Crippen molar-refractivity contribution in [2.45, 2.75) is 31.7 Å². The fourth-order valence-electron chi connectivity index (χ4n) is 3.15. The van der Waals surface area contributed by atoms with Crippen LogP contribution in [0, 0.1) is 0 Å². The Morgan fingerprint density at radius 2 is 1.90 bits per heavy atom. The van der Waals surface area contributed by atoms with Crippen molar-refractivity contribution in [3.05, 3.63) is 30.3 Å². The summed E-state index contributed by atoms with van der Waals surface area (Å²) in [5.74, 6) is 0.169. The number of rotatable bonds is 5. The van der Waals surface area contributed by atoms with Crippen molar-refractivity contribution in [1.82, 2.24) is 4.90 Å². The first kappa shape index (κ1) is 16.0. The third-order valence-electron chi connectivity index (χ3n) is 4.37. The molecule has 1 fully saturated rings. The Hall–Kier alpha value is -1.39. The lowest BCUT2D eigenvalue weighted by molar-refractivity contribution is -0.120. The van der Waals surface area contributed by atoms with Crippen molar-refractivity contribution < 1.29 is 9.53 Å². The van der Waals surface area contributed by atoms with Gasteiger partial charge in [-0.1, -0.05) is 25.1 Å². The van der Waals surface area contributed by atoms with Gasteiger partial charge >= 0.3 is 0 Å². The highest BCUT2D eigenvalue weighted by atomic mass is 16.5. The zero-order valence-corrected chi connectivity index (χ0v) is 13.3. The summed E-state index contributed by atoms with van der Waals surface area (Å²) in [6.07, 6.45) is 2.39. The van der Waals surface area contributed by atoms with Gasteiger partial charge in [-0.2, -0.15) is 0 Å². The molecule has 0 radical (unpaired) electrons. The minimum absolute atomic E-state index is 0.169. The van der Waals surface area contributed by atoms with Gasteiger partial charge in [0, 0.05) is 32.3 Å². The summed E-state index contributed by atoms with van der Waals surface area (Å²) < 4.78 is 5.50. The molecule has 0 unspecified atom stereocenters. The summed E-state index contributed by atoms with van der Waals surface area (Å²) in [5.41, 5.74) is 0.751. The number of anilines is 1. The second kappa shape index (κ2) is 7.05. The van der Waals surface area contributed by atoms with Crippen LogP contribution in [0.25, 0.3) is 0 Å². The summed E-state index contributed by atoms with van der Waals surface area (Å²) >= 11 is 0. The average molecular weight is 290 g/mol. The van der Waals surface area contributed by atoms with Crippen molar-refractivity contribution in [2.75, 3.05) is 38.8 Å². The number of hydrogen-bond acceptors (Lipinski definition) is 3. The Morgan fingerprint density at radius 1 is 1.29 bits per heavy atom. The molecule has 21 heavy (non-hydrogen) atoms. The maximum absolute atomic E-state index is 12.6. The number of likely N-dealkylation sites (tertiary alicyclic amines) is 1. The van der Waals surface area contributed by atoms with Crippen molar-refractivity contribution >= 4 is 11.6 Å². The van der Waals surface area contributed by atoms with Gasteiger partial charge in [0.05, 0.1) is 12.1 Å². The van der Waals surface area contributed by atoms with Crippen LogP contribution >= 0.6 is 0 Å². The first-order valence-electron chi connectivity index (χ1n) is 7.68. The lowest BCUT2D eigenvalue weighted by Crippen LogP contribution is -2.59. The topological polar surface area (TPSA) is 32.8 Å². The Bertz CT molecular complexity index is 453. The highest BCUT2D eigenvalue weighted by Gasteiger charge is 2.42. The van der Waals surface area contributed by atoms with E-state index < -0.39 is 0 Å². The van der Waals surface area contributed by atoms with E-state index in [4.69, 9.17) is 4.74 Å². The molecule has 1 aliphatic rings. The number of hydrogen-bond donors (Lipinski definition) is 0. The van der Waals surface area contributed by atoms with E-state index in [2.05, 4.69) is 11.9 Å². The van der Waals surface area contributed by atoms with Crippen LogP contribution in [0.1, 0.15) is 26.2 Å². The number of methoxy groups -OCH3 is 1. The Balaban J connectivity index is 2.38. The van der Waals surface area contributed by atoms with E-state index in [1.165, 1.54) is 0 Å². The number of benzene rings is 1. The minimum Gasteiger partial charge on any atom is -0.382 e. The smallest absolute Gasteiger partial charge is 0.227 e. The number of piperidine rings is 1. The standard InChI is InChI=1S/C17H26N2O2/c1-4-16(20)19(15-8-6-5-7-9-15)17(14-21-3)10-12-18(2)13-11-17/h5-9H,4,10-14H2,1-3H3. The molecule has 0 aromatic heterocycles. The van der Waals surface area contributed by atoms with Crippen LogP contribution < -0.4 is 4.90 Å². The largest absolute Gasteiger partial charge is 0.382 e. The minimum atomic E-state index is -0.226. The third-order valence-corrected chi connectivity index (χ3v) is 4.37. The first-order valence-corrected chi connectivity index (χ1v) is 7.68. The predicted molar refractivity (Wildman–Crippen MR) is 85.6 cm³/mol. The molecule has 4 heteroatoms. The number of amides is 1. The Labute approximate surface area is 127 Å². The van der Waals surface area contributed by atoms with Gasteiger partial charge in [-0.25, -0.2) is 0 Å². The molecule has 4 nitrogen and oxygen atoms in total. The van der Waals surface area contributed by atoms with Crippen LogP contribution in [0.3, 0.4) is 0 Å². The van der Waals surface area contributed by atoms with Gasteiger partial charge < -0.3 is 14.5 Å². The quantitative estimate of drug-likeness (QED) is 0.835. The van der Waals surface area contributed by atoms with Crippen molar-refractivity contribution in [2.24, 2.45) is 0 Å². The fourth-order valence-corrected chi connectivity index (χ4v) is 3.15. The van der Waals surface area contributed by atoms with Gasteiger partial charge in [-0.15, -0.1) is 0 Å². The third kappa shape index (κ3) is 3.44. The van der Waals surface area contributed by atoms with Crippen LogP contribution in [-0.4, -0.2) is 50.2 Å². The molecule has 116 valence electrons. The van der Waals surface area contributed by atoms with Gasteiger partial charge in [0.15, 0.2) is 0 Å². The fraction of sp³-hybridized carbons (Fsp3) is 0.588. The van der Waals surface area contributed by atoms with Gasteiger partial charge in [-0.3, -0.25) is 4.79 Å². The molecule has 0 bridgehead atoms. The van der Waals surface area contributed by atoms with E-state index in [9.17, 15) is 4.79 Å². The molecule has 1 heterocycles.